The van der Waals surface area contributed by atoms with Gasteiger partial charge in [-0.25, -0.2) is 4.79 Å². The smallest absolute Gasteiger partial charge is 0.297 e. The molecule has 2 aromatic heterocycles. The predicted octanol–water partition coefficient (Wildman–Crippen LogP) is 3.27. The number of nitrogens with one attached hydrogen (secondary N) is 1. The number of hydrogen-bond acceptors (Lipinski definition) is 3. The van der Waals surface area contributed by atoms with Crippen LogP contribution in [0.4, 0.5) is 0 Å². The first-order valence-corrected chi connectivity index (χ1v) is 8.33. The molecule has 1 saturated carbocycles. The minimum Gasteiger partial charge on any atom is -0.297 e. The van der Waals surface area contributed by atoms with E-state index in [2.05, 4.69) is 4.98 Å². The van der Waals surface area contributed by atoms with Crippen LogP contribution in [0.15, 0.2) is 21.7 Å². The van der Waals surface area contributed by atoms with E-state index in [1.807, 2.05) is 19.1 Å². The van der Waals surface area contributed by atoms with Gasteiger partial charge in [-0.3, -0.25) is 14.3 Å². The van der Waals surface area contributed by atoms with Crippen LogP contribution >= 0.6 is 22.9 Å². The number of aromatic nitrogens is 2. The summed E-state index contributed by atoms with van der Waals surface area (Å²) in [6, 6.07) is 3.95. The molecule has 0 bridgehead atoms. The Morgan fingerprint density at radius 3 is 2.67 bits per heavy atom. The number of halogens is 1. The Balaban J connectivity index is 2.05. The molecule has 2 heterocycles. The lowest BCUT2D eigenvalue weighted by Gasteiger charge is -2.13. The lowest BCUT2D eigenvalue weighted by atomic mass is 10.0. The molecule has 0 aliphatic heterocycles. The molecule has 0 unspecified atom stereocenters. The summed E-state index contributed by atoms with van der Waals surface area (Å²) in [6.45, 7) is 2.32. The van der Waals surface area contributed by atoms with Crippen molar-refractivity contribution >= 4 is 22.9 Å². The fourth-order valence-corrected chi connectivity index (χ4v) is 4.19. The molecular formula is C15H17ClN2O2S. The molecule has 2 aromatic rings. The first kappa shape index (κ1) is 14.6. The minimum absolute atomic E-state index is 0.179. The van der Waals surface area contributed by atoms with Gasteiger partial charge in [0.25, 0.3) is 5.56 Å². The van der Waals surface area contributed by atoms with Crippen molar-refractivity contribution in [2.75, 3.05) is 0 Å². The van der Waals surface area contributed by atoms with Crippen molar-refractivity contribution in [1.29, 1.82) is 0 Å². The second-order valence-corrected chi connectivity index (χ2v) is 7.29. The Hall–Kier alpha value is -1.33. The molecule has 0 aromatic carbocycles. The first-order chi connectivity index (χ1) is 10.1. The van der Waals surface area contributed by atoms with Gasteiger partial charge in [0.1, 0.15) is 5.15 Å². The van der Waals surface area contributed by atoms with Crippen LogP contribution in [0, 0.1) is 6.92 Å². The van der Waals surface area contributed by atoms with Crippen molar-refractivity contribution in [2.24, 2.45) is 0 Å². The van der Waals surface area contributed by atoms with Gasteiger partial charge in [0.2, 0.25) is 0 Å². The van der Waals surface area contributed by atoms with E-state index in [0.29, 0.717) is 12.1 Å². The van der Waals surface area contributed by atoms with Crippen LogP contribution in [0.5, 0.6) is 0 Å². The minimum atomic E-state index is -0.433. The van der Waals surface area contributed by atoms with Gasteiger partial charge in [0, 0.05) is 9.75 Å². The summed E-state index contributed by atoms with van der Waals surface area (Å²) in [7, 11) is 0. The van der Waals surface area contributed by atoms with Crippen LogP contribution in [0.25, 0.3) is 0 Å². The van der Waals surface area contributed by atoms with E-state index in [9.17, 15) is 9.59 Å². The second-order valence-electron chi connectivity index (χ2n) is 5.54. The maximum absolute atomic E-state index is 12.7. The summed E-state index contributed by atoms with van der Waals surface area (Å²) in [6.07, 6.45) is 4.17. The third kappa shape index (κ3) is 2.85. The van der Waals surface area contributed by atoms with Crippen LogP contribution in [0.2, 0.25) is 5.15 Å². The summed E-state index contributed by atoms with van der Waals surface area (Å²) >= 11 is 7.72. The van der Waals surface area contributed by atoms with E-state index >= 15 is 0 Å². The van der Waals surface area contributed by atoms with Crippen LogP contribution in [0.1, 0.15) is 46.9 Å². The Kier molecular flexibility index (Phi) is 4.04. The van der Waals surface area contributed by atoms with Gasteiger partial charge >= 0.3 is 5.69 Å². The van der Waals surface area contributed by atoms with Crippen LogP contribution in [0.3, 0.4) is 0 Å². The molecule has 0 atom stereocenters. The largest absolute Gasteiger partial charge is 0.329 e. The van der Waals surface area contributed by atoms with E-state index in [-0.39, 0.29) is 16.6 Å². The Morgan fingerprint density at radius 2 is 2.05 bits per heavy atom. The fourth-order valence-electron chi connectivity index (χ4n) is 3.00. The van der Waals surface area contributed by atoms with Gasteiger partial charge in [-0.2, -0.15) is 0 Å². The maximum atomic E-state index is 12.7. The topological polar surface area (TPSA) is 54.9 Å². The maximum Gasteiger partial charge on any atom is 0.329 e. The molecule has 4 nitrogen and oxygen atoms in total. The van der Waals surface area contributed by atoms with Gasteiger partial charge in [-0.05, 0) is 37.8 Å². The molecule has 3 rings (SSSR count). The average molecular weight is 325 g/mol. The highest BCUT2D eigenvalue weighted by Crippen LogP contribution is 2.34. The van der Waals surface area contributed by atoms with E-state index < -0.39 is 5.69 Å². The standard InChI is InChI=1S/C15H17ClN2O2S/c1-9-6-7-11(21-9)8-18-14(19)12(10-4-2-3-5-10)13(16)17-15(18)20/h6-7,10H,2-5,8H2,1H3,(H,17,20). The molecular weight excluding hydrogens is 308 g/mol. The number of H-pyrrole nitrogens is 1. The molecule has 0 amide bonds. The lowest BCUT2D eigenvalue weighted by Crippen LogP contribution is -2.38. The van der Waals surface area contributed by atoms with Crippen molar-refractivity contribution in [3.8, 4) is 0 Å². The Bertz CT molecular complexity index is 769. The van der Waals surface area contributed by atoms with Crippen molar-refractivity contribution in [3.63, 3.8) is 0 Å². The highest BCUT2D eigenvalue weighted by Gasteiger charge is 2.25. The van der Waals surface area contributed by atoms with Gasteiger partial charge in [-0.1, -0.05) is 24.4 Å². The van der Waals surface area contributed by atoms with E-state index in [0.717, 1.165) is 30.6 Å². The Labute approximate surface area is 131 Å². The number of aromatic amines is 1. The molecule has 6 heteroatoms. The molecule has 0 saturated heterocycles. The monoisotopic (exact) mass is 324 g/mol. The van der Waals surface area contributed by atoms with Crippen LogP contribution in [-0.4, -0.2) is 9.55 Å². The van der Waals surface area contributed by atoms with E-state index in [4.69, 9.17) is 11.6 Å². The molecule has 112 valence electrons. The Morgan fingerprint density at radius 1 is 1.33 bits per heavy atom. The predicted molar refractivity (Wildman–Crippen MR) is 85.7 cm³/mol. The van der Waals surface area contributed by atoms with Gasteiger partial charge in [0.05, 0.1) is 12.1 Å². The van der Waals surface area contributed by atoms with Gasteiger partial charge in [0.15, 0.2) is 0 Å². The third-order valence-corrected chi connectivity index (χ3v) is 5.33. The molecule has 1 N–H and O–H groups in total. The highest BCUT2D eigenvalue weighted by atomic mass is 35.5. The van der Waals surface area contributed by atoms with E-state index in [1.54, 1.807) is 11.3 Å². The first-order valence-electron chi connectivity index (χ1n) is 7.14. The van der Waals surface area contributed by atoms with Crippen molar-refractivity contribution in [2.45, 2.75) is 45.1 Å². The number of rotatable bonds is 3. The number of aryl methyl sites for hydroxylation is 1. The molecule has 1 aliphatic rings. The fraction of sp³-hybridized carbons (Fsp3) is 0.467. The third-order valence-electron chi connectivity index (χ3n) is 4.05. The quantitative estimate of drug-likeness (QED) is 0.881. The summed E-state index contributed by atoms with van der Waals surface area (Å²) in [5, 5.41) is 0.218. The zero-order chi connectivity index (χ0) is 15.0. The summed E-state index contributed by atoms with van der Waals surface area (Å²) in [5.74, 6) is 0.179. The number of hydrogen-bond donors (Lipinski definition) is 1. The molecule has 0 radical (unpaired) electrons. The van der Waals surface area contributed by atoms with Gasteiger partial charge < -0.3 is 0 Å². The van der Waals surface area contributed by atoms with Crippen molar-refractivity contribution in [1.82, 2.24) is 9.55 Å². The number of thiophene rings is 1. The normalized spacial score (nSPS) is 15.7. The second kappa shape index (κ2) is 5.81. The van der Waals surface area contributed by atoms with Crippen molar-refractivity contribution < 1.29 is 0 Å². The number of nitrogens with zero attached hydrogens (tertiary/aromatic N) is 1. The lowest BCUT2D eigenvalue weighted by molar-refractivity contribution is 0.644. The van der Waals surface area contributed by atoms with Crippen molar-refractivity contribution in [3.05, 3.63) is 53.4 Å². The molecule has 21 heavy (non-hydrogen) atoms. The highest BCUT2D eigenvalue weighted by molar-refractivity contribution is 7.11. The average Bonchev–Trinajstić information content (AvgIpc) is 3.06. The zero-order valence-corrected chi connectivity index (χ0v) is 13.4. The SMILES string of the molecule is Cc1ccc(Cn2c(=O)[nH]c(Cl)c(C3CCCC3)c2=O)s1. The summed E-state index contributed by atoms with van der Waals surface area (Å²) in [5.41, 5.74) is -0.0819. The molecule has 0 spiro atoms. The summed E-state index contributed by atoms with van der Waals surface area (Å²) in [4.78, 5) is 29.5. The van der Waals surface area contributed by atoms with E-state index in [1.165, 1.54) is 9.44 Å². The summed E-state index contributed by atoms with van der Waals surface area (Å²) < 4.78 is 1.27. The van der Waals surface area contributed by atoms with Gasteiger partial charge in [-0.15, -0.1) is 11.3 Å². The zero-order valence-electron chi connectivity index (χ0n) is 11.8. The molecule has 1 fully saturated rings. The van der Waals surface area contributed by atoms with Crippen LogP contribution < -0.4 is 11.2 Å². The molecule has 1 aliphatic carbocycles. The van der Waals surface area contributed by atoms with Crippen LogP contribution in [-0.2, 0) is 6.54 Å².